The van der Waals surface area contributed by atoms with E-state index in [2.05, 4.69) is 12.6 Å². The van der Waals surface area contributed by atoms with Gasteiger partial charge in [-0.15, -0.1) is 11.3 Å². The number of ether oxygens (including phenoxy) is 2. The number of rotatable bonds is 8. The second-order valence-electron chi connectivity index (χ2n) is 7.38. The van der Waals surface area contributed by atoms with Gasteiger partial charge in [-0.05, 0) is 35.2 Å². The van der Waals surface area contributed by atoms with Crippen LogP contribution in [0.5, 0.6) is 5.75 Å². The molecule has 1 aromatic heterocycles. The van der Waals surface area contributed by atoms with Crippen LogP contribution in [0.4, 0.5) is 13.2 Å². The smallest absolute Gasteiger partial charge is 0.389 e. The Morgan fingerprint density at radius 3 is 2.50 bits per heavy atom. The molecule has 0 N–H and O–H groups in total. The lowest BCUT2D eigenvalue weighted by Crippen LogP contribution is -2.36. The molecule has 1 unspecified atom stereocenters. The van der Waals surface area contributed by atoms with Crippen LogP contribution in [-0.4, -0.2) is 25.4 Å². The summed E-state index contributed by atoms with van der Waals surface area (Å²) < 4.78 is 50.7. The van der Waals surface area contributed by atoms with Crippen molar-refractivity contribution in [3.63, 3.8) is 0 Å². The summed E-state index contributed by atoms with van der Waals surface area (Å²) in [7, 11) is 0. The summed E-state index contributed by atoms with van der Waals surface area (Å²) in [6.45, 7) is 3.97. The van der Waals surface area contributed by atoms with Gasteiger partial charge >= 0.3 is 12.1 Å². The predicted molar refractivity (Wildman–Crippen MR) is 113 cm³/mol. The van der Waals surface area contributed by atoms with Crippen LogP contribution in [0.3, 0.4) is 0 Å². The van der Waals surface area contributed by atoms with Gasteiger partial charge in [-0.2, -0.15) is 13.2 Å². The molecular weight excluding hydrogens is 413 g/mol. The molecule has 158 valence electrons. The fourth-order valence-corrected chi connectivity index (χ4v) is 4.13. The van der Waals surface area contributed by atoms with Crippen LogP contribution in [-0.2, 0) is 9.53 Å². The summed E-state index contributed by atoms with van der Waals surface area (Å²) in [5.41, 5.74) is -0.320. The fraction of sp³-hybridized carbons (Fsp3) is 0.261. The number of hydrogen-bond acceptors (Lipinski definition) is 4. The number of carbonyl (C=O) groups is 1. The van der Waals surface area contributed by atoms with Gasteiger partial charge in [0.1, 0.15) is 12.4 Å². The average molecular weight is 434 g/mol. The predicted octanol–water partition coefficient (Wildman–Crippen LogP) is 6.64. The maximum atomic E-state index is 13.0. The van der Waals surface area contributed by atoms with Crippen molar-refractivity contribution in [2.75, 3.05) is 13.2 Å². The lowest BCUT2D eigenvalue weighted by atomic mass is 9.88. The highest BCUT2D eigenvalue weighted by Gasteiger charge is 2.41. The molecule has 30 heavy (non-hydrogen) atoms. The monoisotopic (exact) mass is 434 g/mol. The topological polar surface area (TPSA) is 35.5 Å². The summed E-state index contributed by atoms with van der Waals surface area (Å²) in [6.07, 6.45) is -4.63. The Morgan fingerprint density at radius 1 is 1.10 bits per heavy atom. The maximum Gasteiger partial charge on any atom is 0.389 e. The molecule has 0 aliphatic heterocycles. The summed E-state index contributed by atoms with van der Waals surface area (Å²) in [6, 6.07) is 17.4. The van der Waals surface area contributed by atoms with Gasteiger partial charge in [0.2, 0.25) is 0 Å². The van der Waals surface area contributed by atoms with Crippen molar-refractivity contribution in [1.82, 2.24) is 0 Å². The first-order valence-corrected chi connectivity index (χ1v) is 10.1. The molecule has 7 heteroatoms. The van der Waals surface area contributed by atoms with E-state index in [1.807, 2.05) is 42.5 Å². The van der Waals surface area contributed by atoms with Crippen molar-refractivity contribution >= 4 is 27.4 Å². The Hall–Kier alpha value is -2.80. The van der Waals surface area contributed by atoms with E-state index >= 15 is 0 Å². The van der Waals surface area contributed by atoms with Gasteiger partial charge < -0.3 is 9.47 Å². The zero-order chi connectivity index (χ0) is 21.8. The number of halogens is 3. The van der Waals surface area contributed by atoms with E-state index in [1.165, 1.54) is 6.92 Å². The Balaban J connectivity index is 1.75. The number of carbonyl (C=O) groups excluding carboxylic acids is 1. The lowest BCUT2D eigenvalue weighted by Gasteiger charge is -2.29. The van der Waals surface area contributed by atoms with Crippen molar-refractivity contribution in [3.8, 4) is 16.2 Å². The van der Waals surface area contributed by atoms with Crippen LogP contribution in [0.2, 0.25) is 0 Å². The molecule has 3 rings (SSSR count). The third-order valence-electron chi connectivity index (χ3n) is 4.49. The third-order valence-corrected chi connectivity index (χ3v) is 5.64. The van der Waals surface area contributed by atoms with Crippen molar-refractivity contribution in [2.24, 2.45) is 5.41 Å². The minimum atomic E-state index is -4.42. The Morgan fingerprint density at radius 2 is 1.83 bits per heavy atom. The molecule has 0 fully saturated rings. The molecule has 0 bridgehead atoms. The van der Waals surface area contributed by atoms with Crippen LogP contribution >= 0.6 is 11.3 Å². The number of hydrogen-bond donors (Lipinski definition) is 0. The highest BCUT2D eigenvalue weighted by atomic mass is 32.1. The molecule has 0 amide bonds. The van der Waals surface area contributed by atoms with Gasteiger partial charge in [0, 0.05) is 21.1 Å². The number of fused-ring (bicyclic) bond motifs is 1. The van der Waals surface area contributed by atoms with Crippen molar-refractivity contribution < 1.29 is 27.4 Å². The van der Waals surface area contributed by atoms with Crippen LogP contribution < -0.4 is 4.74 Å². The van der Waals surface area contributed by atoms with Crippen LogP contribution in [0, 0.1) is 5.41 Å². The Labute approximate surface area is 176 Å². The zero-order valence-electron chi connectivity index (χ0n) is 16.4. The van der Waals surface area contributed by atoms with E-state index in [9.17, 15) is 18.0 Å². The first-order valence-electron chi connectivity index (χ1n) is 9.25. The molecule has 1 atom stereocenters. The molecular formula is C23H21F3O3S. The van der Waals surface area contributed by atoms with E-state index in [0.717, 1.165) is 26.6 Å². The maximum absolute atomic E-state index is 13.0. The van der Waals surface area contributed by atoms with Crippen molar-refractivity contribution in [3.05, 3.63) is 67.3 Å². The second kappa shape index (κ2) is 8.92. The molecule has 0 aliphatic rings. The largest absolute Gasteiger partial charge is 0.493 e. The normalized spacial score (nSPS) is 13.6. The number of esters is 1. The van der Waals surface area contributed by atoms with Crippen LogP contribution in [0.25, 0.3) is 20.5 Å². The summed E-state index contributed by atoms with van der Waals surface area (Å²) >= 11 is 1.58. The molecule has 0 aliphatic carbocycles. The van der Waals surface area contributed by atoms with Crippen LogP contribution in [0.1, 0.15) is 13.3 Å². The number of thiophene rings is 1. The molecule has 0 spiro atoms. The van der Waals surface area contributed by atoms with E-state index in [-0.39, 0.29) is 6.61 Å². The van der Waals surface area contributed by atoms with Crippen LogP contribution in [0.15, 0.2) is 67.3 Å². The second-order valence-corrected chi connectivity index (χ2v) is 8.46. The average Bonchev–Trinajstić information content (AvgIpc) is 3.13. The summed E-state index contributed by atoms with van der Waals surface area (Å²) in [5, 5.41) is 1.03. The minimum absolute atomic E-state index is 0.251. The minimum Gasteiger partial charge on any atom is -0.493 e. The highest BCUT2D eigenvalue weighted by molar-refractivity contribution is 7.22. The third kappa shape index (κ3) is 5.86. The molecule has 3 nitrogen and oxygen atoms in total. The quantitative estimate of drug-likeness (QED) is 0.295. The SMILES string of the molecule is C=CC(=O)OCC(C)(COc1ccc2cc(-c3ccccc3)sc2c1)CC(F)(F)F. The highest BCUT2D eigenvalue weighted by Crippen LogP contribution is 2.37. The molecule has 3 aromatic rings. The van der Waals surface area contributed by atoms with Gasteiger partial charge in [-0.25, -0.2) is 4.79 Å². The van der Waals surface area contributed by atoms with Gasteiger partial charge in [-0.1, -0.05) is 43.8 Å². The number of alkyl halides is 3. The summed E-state index contributed by atoms with van der Waals surface area (Å²) in [5.74, 6) is -0.302. The first-order chi connectivity index (χ1) is 14.2. The molecule has 2 aromatic carbocycles. The van der Waals surface area contributed by atoms with Gasteiger partial charge in [0.05, 0.1) is 13.0 Å². The Bertz CT molecular complexity index is 1030. The lowest BCUT2D eigenvalue weighted by molar-refractivity contribution is -0.172. The van der Waals surface area contributed by atoms with Crippen molar-refractivity contribution in [1.29, 1.82) is 0 Å². The molecule has 1 heterocycles. The van der Waals surface area contributed by atoms with Crippen molar-refractivity contribution in [2.45, 2.75) is 19.5 Å². The van der Waals surface area contributed by atoms with E-state index in [0.29, 0.717) is 5.75 Å². The standard InChI is InChI=1S/C23H21F3O3S/c1-3-21(27)29-15-22(2,13-23(24,25)26)14-28-18-10-9-17-11-19(30-20(17)12-18)16-7-5-4-6-8-16/h3-12H,1,13-15H2,2H3. The molecule has 0 radical (unpaired) electrons. The van der Waals surface area contributed by atoms with E-state index in [1.54, 1.807) is 17.4 Å². The van der Waals surface area contributed by atoms with E-state index < -0.39 is 30.6 Å². The zero-order valence-corrected chi connectivity index (χ0v) is 17.2. The Kier molecular flexibility index (Phi) is 6.51. The van der Waals surface area contributed by atoms with E-state index in [4.69, 9.17) is 9.47 Å². The molecule has 0 saturated heterocycles. The summed E-state index contributed by atoms with van der Waals surface area (Å²) in [4.78, 5) is 12.4. The number of benzene rings is 2. The fourth-order valence-electron chi connectivity index (χ4n) is 3.04. The van der Waals surface area contributed by atoms with Gasteiger partial charge in [0.15, 0.2) is 0 Å². The molecule has 0 saturated carbocycles. The first kappa shape index (κ1) is 21.9. The van der Waals surface area contributed by atoms with Gasteiger partial charge in [-0.3, -0.25) is 0 Å². The van der Waals surface area contributed by atoms with Gasteiger partial charge in [0.25, 0.3) is 0 Å².